The first-order valence-corrected chi connectivity index (χ1v) is 18.1. The van der Waals surface area contributed by atoms with E-state index in [-0.39, 0.29) is 0 Å². The van der Waals surface area contributed by atoms with Crippen LogP contribution in [-0.4, -0.2) is 14.4 Å². The molecule has 4 aliphatic carbocycles. The first kappa shape index (κ1) is 27.7. The average Bonchev–Trinajstić information content (AvgIpc) is 3.10. The predicted molar refractivity (Wildman–Crippen MR) is 155 cm³/mol. The van der Waals surface area contributed by atoms with Crippen LogP contribution in [-0.2, 0) is 4.43 Å². The Kier molecular flexibility index (Phi) is 7.72. The van der Waals surface area contributed by atoms with Gasteiger partial charge in [-0.15, -0.1) is 0 Å². The van der Waals surface area contributed by atoms with E-state index in [0.29, 0.717) is 22.0 Å². The summed E-state index contributed by atoms with van der Waals surface area (Å²) in [5.74, 6) is 5.13. The molecule has 3 saturated carbocycles. The predicted octanol–water partition coefficient (Wildman–Crippen LogP) is 10.2. The maximum absolute atomic E-state index is 6.94. The lowest BCUT2D eigenvalue weighted by atomic mass is 9.47. The maximum atomic E-state index is 6.94. The van der Waals surface area contributed by atoms with Crippen LogP contribution in [0.2, 0.25) is 18.1 Å². The van der Waals surface area contributed by atoms with Gasteiger partial charge in [-0.3, -0.25) is 0 Å². The van der Waals surface area contributed by atoms with Gasteiger partial charge in [0.25, 0.3) is 0 Å². The molecule has 3 fully saturated rings. The molecule has 0 N–H and O–H groups in total. The second-order valence-corrected chi connectivity index (χ2v) is 20.4. The Morgan fingerprint density at radius 2 is 1.74 bits per heavy atom. The molecule has 2 unspecified atom stereocenters. The van der Waals surface area contributed by atoms with Crippen LogP contribution in [0.25, 0.3) is 0 Å². The molecule has 0 amide bonds. The molecule has 35 heavy (non-hydrogen) atoms. The summed E-state index contributed by atoms with van der Waals surface area (Å²) in [5.41, 5.74) is 2.75. The third-order valence-corrected chi connectivity index (χ3v) is 16.6. The zero-order chi connectivity index (χ0) is 25.8. The van der Waals surface area contributed by atoms with Crippen LogP contribution in [0.15, 0.2) is 23.8 Å². The van der Waals surface area contributed by atoms with Crippen molar-refractivity contribution in [2.45, 2.75) is 137 Å². The minimum absolute atomic E-state index is 0.299. The standard InChI is InChI=1S/C33H58OSi/c1-23(2)12-11-13-24(3)28-16-17-29-27-15-14-25-22-26(34-35(9,10)31(4,5)6)18-20-32(25,7)30(27)19-21-33(28,29)8/h11,13-14,23-24,26-30H,12,15-22H2,1-10H3/b13-11+/t24-,26+,27+,28?,29+,30?,32+,33-/m1/s1. The smallest absolute Gasteiger partial charge is 0.192 e. The Bertz CT molecular complexity index is 815. The van der Waals surface area contributed by atoms with E-state index in [2.05, 4.69) is 86.7 Å². The summed E-state index contributed by atoms with van der Waals surface area (Å²) in [6, 6.07) is 0. The largest absolute Gasteiger partial charge is 0.414 e. The van der Waals surface area contributed by atoms with Gasteiger partial charge < -0.3 is 4.43 Å². The maximum Gasteiger partial charge on any atom is 0.192 e. The average molecular weight is 499 g/mol. The molecule has 8 atom stereocenters. The van der Waals surface area contributed by atoms with Gasteiger partial charge in [-0.25, -0.2) is 0 Å². The van der Waals surface area contributed by atoms with Crippen molar-refractivity contribution in [3.05, 3.63) is 23.8 Å². The highest BCUT2D eigenvalue weighted by molar-refractivity contribution is 6.74. The molecule has 0 bridgehead atoms. The van der Waals surface area contributed by atoms with E-state index in [1.165, 1.54) is 57.8 Å². The van der Waals surface area contributed by atoms with Crippen molar-refractivity contribution >= 4 is 8.32 Å². The van der Waals surface area contributed by atoms with Crippen molar-refractivity contribution < 1.29 is 4.43 Å². The molecular formula is C33H58OSi. The van der Waals surface area contributed by atoms with Gasteiger partial charge in [0.05, 0.1) is 0 Å². The minimum atomic E-state index is -1.70. The van der Waals surface area contributed by atoms with Gasteiger partial charge in [0.1, 0.15) is 0 Å². The van der Waals surface area contributed by atoms with Crippen molar-refractivity contribution in [3.8, 4) is 0 Å². The molecule has 1 nitrogen and oxygen atoms in total. The summed E-state index contributed by atoms with van der Waals surface area (Å²) in [4.78, 5) is 0. The summed E-state index contributed by atoms with van der Waals surface area (Å²) >= 11 is 0. The fourth-order valence-corrected chi connectivity index (χ4v) is 10.3. The molecule has 200 valence electrons. The Hall–Kier alpha value is -0.343. The molecule has 0 saturated heterocycles. The van der Waals surface area contributed by atoms with Crippen molar-refractivity contribution in [2.24, 2.45) is 46.3 Å². The van der Waals surface area contributed by atoms with Crippen LogP contribution in [0, 0.1) is 46.3 Å². The fourth-order valence-electron chi connectivity index (χ4n) is 8.93. The summed E-state index contributed by atoms with van der Waals surface area (Å²) in [7, 11) is -1.70. The van der Waals surface area contributed by atoms with E-state index >= 15 is 0 Å². The summed E-state index contributed by atoms with van der Waals surface area (Å²) in [5, 5.41) is 0.299. The van der Waals surface area contributed by atoms with E-state index in [1.807, 2.05) is 0 Å². The number of fused-ring (bicyclic) bond motifs is 5. The molecule has 2 heteroatoms. The van der Waals surface area contributed by atoms with Gasteiger partial charge in [-0.2, -0.15) is 0 Å². The van der Waals surface area contributed by atoms with Crippen LogP contribution >= 0.6 is 0 Å². The fraction of sp³-hybridized carbons (Fsp3) is 0.879. The number of hydrogen-bond acceptors (Lipinski definition) is 1. The Balaban J connectivity index is 1.48. The summed E-state index contributed by atoms with van der Waals surface area (Å²) in [6.07, 6.45) is 20.5. The molecule has 0 heterocycles. The van der Waals surface area contributed by atoms with Crippen molar-refractivity contribution in [2.75, 3.05) is 0 Å². The van der Waals surface area contributed by atoms with Crippen LogP contribution in [0.5, 0.6) is 0 Å². The van der Waals surface area contributed by atoms with E-state index < -0.39 is 8.32 Å². The van der Waals surface area contributed by atoms with Gasteiger partial charge in [0, 0.05) is 6.10 Å². The van der Waals surface area contributed by atoms with E-state index in [4.69, 9.17) is 4.43 Å². The second-order valence-electron chi connectivity index (χ2n) is 15.6. The molecule has 0 aromatic carbocycles. The topological polar surface area (TPSA) is 9.23 Å². The second kappa shape index (κ2) is 9.76. The molecule has 0 radical (unpaired) electrons. The number of rotatable bonds is 6. The van der Waals surface area contributed by atoms with Gasteiger partial charge in [-0.1, -0.05) is 79.2 Å². The lowest BCUT2D eigenvalue weighted by Gasteiger charge is -2.59. The molecule has 0 aromatic rings. The SMILES string of the molecule is CC(C)C/C=C/[C@@H](C)C1CC[C@H]2[C@@H]3CC=C4C[C@@H](O[Si](C)(C)C(C)(C)C)CC[C@]4(C)C3CC[C@]12C. The zero-order valence-electron chi connectivity index (χ0n) is 25.0. The molecule has 0 aliphatic heterocycles. The van der Waals surface area contributed by atoms with Crippen molar-refractivity contribution in [1.82, 2.24) is 0 Å². The number of allylic oxidation sites excluding steroid dienone is 3. The quantitative estimate of drug-likeness (QED) is 0.261. The summed E-state index contributed by atoms with van der Waals surface area (Å²) in [6.45, 7) is 24.6. The lowest BCUT2D eigenvalue weighted by Crippen LogP contribution is -2.52. The molecule has 0 spiro atoms. The third-order valence-electron chi connectivity index (χ3n) is 12.1. The van der Waals surface area contributed by atoms with E-state index in [1.54, 1.807) is 5.57 Å². The van der Waals surface area contributed by atoms with Gasteiger partial charge in [0.15, 0.2) is 8.32 Å². The highest BCUT2D eigenvalue weighted by Crippen LogP contribution is 2.67. The highest BCUT2D eigenvalue weighted by Gasteiger charge is 2.59. The zero-order valence-corrected chi connectivity index (χ0v) is 26.0. The molecular weight excluding hydrogens is 440 g/mol. The minimum Gasteiger partial charge on any atom is -0.414 e. The van der Waals surface area contributed by atoms with E-state index in [0.717, 1.165) is 35.5 Å². The van der Waals surface area contributed by atoms with Crippen LogP contribution in [0.4, 0.5) is 0 Å². The highest BCUT2D eigenvalue weighted by atomic mass is 28.4. The van der Waals surface area contributed by atoms with E-state index in [9.17, 15) is 0 Å². The first-order chi connectivity index (χ1) is 16.2. The van der Waals surface area contributed by atoms with Crippen LogP contribution in [0.3, 0.4) is 0 Å². The number of hydrogen-bond donors (Lipinski definition) is 0. The van der Waals surface area contributed by atoms with Crippen LogP contribution in [0.1, 0.15) is 113 Å². The molecule has 4 aliphatic rings. The van der Waals surface area contributed by atoms with Crippen molar-refractivity contribution in [3.63, 3.8) is 0 Å². The monoisotopic (exact) mass is 498 g/mol. The van der Waals surface area contributed by atoms with Crippen LogP contribution < -0.4 is 0 Å². The Morgan fingerprint density at radius 3 is 2.40 bits per heavy atom. The lowest BCUT2D eigenvalue weighted by molar-refractivity contribution is -0.0532. The normalized spacial score (nSPS) is 40.9. The Labute approximate surface area is 220 Å². The van der Waals surface area contributed by atoms with Gasteiger partial charge >= 0.3 is 0 Å². The van der Waals surface area contributed by atoms with Gasteiger partial charge in [0.2, 0.25) is 0 Å². The first-order valence-electron chi connectivity index (χ1n) is 15.2. The third kappa shape index (κ3) is 5.06. The van der Waals surface area contributed by atoms with Gasteiger partial charge in [-0.05, 0) is 122 Å². The van der Waals surface area contributed by atoms with Crippen molar-refractivity contribution in [1.29, 1.82) is 0 Å². The molecule has 4 rings (SSSR count). The molecule has 0 aromatic heterocycles. The Morgan fingerprint density at radius 1 is 1.03 bits per heavy atom. The summed E-state index contributed by atoms with van der Waals surface area (Å²) < 4.78 is 6.94.